The molecule has 0 atom stereocenters. The van der Waals surface area contributed by atoms with Crippen LogP contribution in [0.25, 0.3) is 0 Å². The number of carbonyl (C=O) groups is 3. The summed E-state index contributed by atoms with van der Waals surface area (Å²) in [5.74, 6) is -1.13. The smallest absolute Gasteiger partial charge is 0.337 e. The van der Waals surface area contributed by atoms with Crippen molar-refractivity contribution in [2.45, 2.75) is 0 Å². The Balaban J connectivity index is 2.00. The first-order valence-corrected chi connectivity index (χ1v) is 6.99. The number of hydrazine groups is 1. The highest BCUT2D eigenvalue weighted by Crippen LogP contribution is 2.16. The third-order valence-corrected chi connectivity index (χ3v) is 3.21. The lowest BCUT2D eigenvalue weighted by Gasteiger charge is -2.10. The van der Waals surface area contributed by atoms with Crippen LogP contribution in [-0.4, -0.2) is 32.0 Å². The number of rotatable bonds is 4. The number of amides is 2. The number of para-hydroxylation sites is 1. The number of methoxy groups -OCH3 is 2. The Morgan fingerprint density at radius 2 is 1.38 bits per heavy atom. The Morgan fingerprint density at radius 3 is 2.00 bits per heavy atom. The molecule has 2 rings (SSSR count). The average Bonchev–Trinajstić information content (AvgIpc) is 2.65. The van der Waals surface area contributed by atoms with Crippen LogP contribution in [0.3, 0.4) is 0 Å². The van der Waals surface area contributed by atoms with Crippen molar-refractivity contribution in [3.8, 4) is 5.75 Å². The predicted octanol–water partition coefficient (Wildman–Crippen LogP) is 1.56. The molecule has 0 saturated carbocycles. The molecular formula is C17H16N2O5. The van der Waals surface area contributed by atoms with Gasteiger partial charge in [0.1, 0.15) is 5.75 Å². The molecule has 2 aromatic carbocycles. The van der Waals surface area contributed by atoms with Crippen LogP contribution >= 0.6 is 0 Å². The van der Waals surface area contributed by atoms with Gasteiger partial charge in [-0.05, 0) is 36.4 Å². The van der Waals surface area contributed by atoms with Gasteiger partial charge in [0.05, 0.1) is 25.3 Å². The molecule has 124 valence electrons. The molecular weight excluding hydrogens is 312 g/mol. The van der Waals surface area contributed by atoms with E-state index in [-0.39, 0.29) is 5.56 Å². The third-order valence-electron chi connectivity index (χ3n) is 3.21. The number of nitrogens with one attached hydrogen (secondary N) is 2. The molecule has 2 aromatic rings. The van der Waals surface area contributed by atoms with Crippen LogP contribution in [0, 0.1) is 0 Å². The van der Waals surface area contributed by atoms with Crippen molar-refractivity contribution in [2.75, 3.05) is 14.2 Å². The highest BCUT2D eigenvalue weighted by Gasteiger charge is 2.13. The predicted molar refractivity (Wildman–Crippen MR) is 85.7 cm³/mol. The fraction of sp³-hybridized carbons (Fsp3) is 0.118. The molecule has 0 saturated heterocycles. The summed E-state index contributed by atoms with van der Waals surface area (Å²) >= 11 is 0. The molecule has 7 heteroatoms. The van der Waals surface area contributed by atoms with Gasteiger partial charge in [0.25, 0.3) is 11.8 Å². The molecule has 0 spiro atoms. The molecule has 0 fully saturated rings. The van der Waals surface area contributed by atoms with Gasteiger partial charge in [-0.3, -0.25) is 20.4 Å². The van der Waals surface area contributed by atoms with E-state index in [0.717, 1.165) is 0 Å². The minimum Gasteiger partial charge on any atom is -0.496 e. The van der Waals surface area contributed by atoms with Crippen LogP contribution in [0.4, 0.5) is 0 Å². The van der Waals surface area contributed by atoms with E-state index in [0.29, 0.717) is 16.9 Å². The summed E-state index contributed by atoms with van der Waals surface area (Å²) in [4.78, 5) is 35.4. The Bertz CT molecular complexity index is 756. The first-order chi connectivity index (χ1) is 11.6. The van der Waals surface area contributed by atoms with Crippen molar-refractivity contribution in [1.82, 2.24) is 10.9 Å². The van der Waals surface area contributed by atoms with Crippen LogP contribution in [0.1, 0.15) is 31.1 Å². The molecule has 24 heavy (non-hydrogen) atoms. The van der Waals surface area contributed by atoms with Gasteiger partial charge < -0.3 is 9.47 Å². The van der Waals surface area contributed by atoms with Crippen molar-refractivity contribution >= 4 is 17.8 Å². The van der Waals surface area contributed by atoms with Gasteiger partial charge in [-0.1, -0.05) is 12.1 Å². The fourth-order valence-corrected chi connectivity index (χ4v) is 1.96. The summed E-state index contributed by atoms with van der Waals surface area (Å²) in [6.45, 7) is 0. The molecule has 7 nitrogen and oxygen atoms in total. The Kier molecular flexibility index (Phi) is 5.51. The minimum atomic E-state index is -0.519. The zero-order valence-corrected chi connectivity index (χ0v) is 13.2. The molecule has 0 bridgehead atoms. The van der Waals surface area contributed by atoms with Crippen molar-refractivity contribution in [1.29, 1.82) is 0 Å². The van der Waals surface area contributed by atoms with Gasteiger partial charge in [-0.15, -0.1) is 0 Å². The Hall–Kier alpha value is -3.35. The summed E-state index contributed by atoms with van der Waals surface area (Å²) in [5, 5.41) is 0. The lowest BCUT2D eigenvalue weighted by Crippen LogP contribution is -2.41. The van der Waals surface area contributed by atoms with Gasteiger partial charge in [0.15, 0.2) is 0 Å². The number of benzene rings is 2. The maximum Gasteiger partial charge on any atom is 0.337 e. The molecule has 0 aliphatic rings. The lowest BCUT2D eigenvalue weighted by atomic mass is 10.1. The van der Waals surface area contributed by atoms with Crippen LogP contribution < -0.4 is 15.6 Å². The van der Waals surface area contributed by atoms with Gasteiger partial charge in [0, 0.05) is 5.56 Å². The summed E-state index contributed by atoms with van der Waals surface area (Å²) in [6.07, 6.45) is 0. The van der Waals surface area contributed by atoms with E-state index in [1.54, 1.807) is 24.3 Å². The zero-order chi connectivity index (χ0) is 17.5. The topological polar surface area (TPSA) is 93.7 Å². The highest BCUT2D eigenvalue weighted by atomic mass is 16.5. The molecule has 0 radical (unpaired) electrons. The number of hydrogen-bond acceptors (Lipinski definition) is 5. The van der Waals surface area contributed by atoms with E-state index in [4.69, 9.17) is 4.74 Å². The summed E-state index contributed by atoms with van der Waals surface area (Å²) in [5.41, 5.74) is 5.51. The Labute approximate surface area is 138 Å². The van der Waals surface area contributed by atoms with Crippen molar-refractivity contribution in [3.63, 3.8) is 0 Å². The molecule has 0 heterocycles. The number of carbonyl (C=O) groups excluding carboxylic acids is 3. The van der Waals surface area contributed by atoms with Crippen molar-refractivity contribution in [3.05, 3.63) is 65.2 Å². The molecule has 2 amide bonds. The van der Waals surface area contributed by atoms with Crippen molar-refractivity contribution < 1.29 is 23.9 Å². The zero-order valence-electron chi connectivity index (χ0n) is 13.2. The SMILES string of the molecule is COC(=O)c1ccc(C(=O)NNC(=O)c2ccccc2OC)cc1. The third kappa shape index (κ3) is 3.89. The maximum atomic E-state index is 12.1. The maximum absolute atomic E-state index is 12.1. The first kappa shape index (κ1) is 17.0. The van der Waals surface area contributed by atoms with E-state index >= 15 is 0 Å². The molecule has 0 aliphatic heterocycles. The normalized spacial score (nSPS) is 9.75. The Morgan fingerprint density at radius 1 is 0.792 bits per heavy atom. The van der Waals surface area contributed by atoms with Gasteiger partial charge in [-0.2, -0.15) is 0 Å². The number of hydrogen-bond donors (Lipinski definition) is 2. The van der Waals surface area contributed by atoms with E-state index < -0.39 is 17.8 Å². The summed E-state index contributed by atoms with van der Waals surface area (Å²) in [7, 11) is 2.73. The molecule has 0 unspecified atom stereocenters. The second-order valence-electron chi connectivity index (χ2n) is 4.68. The van der Waals surface area contributed by atoms with Gasteiger partial charge in [0.2, 0.25) is 0 Å². The fourth-order valence-electron chi connectivity index (χ4n) is 1.96. The summed E-state index contributed by atoms with van der Waals surface area (Å²) < 4.78 is 9.66. The second kappa shape index (κ2) is 7.77. The van der Waals surface area contributed by atoms with E-state index in [9.17, 15) is 14.4 Å². The average molecular weight is 328 g/mol. The van der Waals surface area contributed by atoms with Gasteiger partial charge in [-0.25, -0.2) is 4.79 Å². The lowest BCUT2D eigenvalue weighted by molar-refractivity contribution is 0.0600. The molecule has 0 aliphatic carbocycles. The highest BCUT2D eigenvalue weighted by molar-refractivity contribution is 6.00. The van der Waals surface area contributed by atoms with Crippen LogP contribution in [-0.2, 0) is 4.74 Å². The van der Waals surface area contributed by atoms with E-state index in [1.165, 1.54) is 38.5 Å². The van der Waals surface area contributed by atoms with Gasteiger partial charge >= 0.3 is 5.97 Å². The largest absolute Gasteiger partial charge is 0.496 e. The van der Waals surface area contributed by atoms with Crippen LogP contribution in [0.5, 0.6) is 5.75 Å². The second-order valence-corrected chi connectivity index (χ2v) is 4.68. The monoisotopic (exact) mass is 328 g/mol. The number of ether oxygens (including phenoxy) is 2. The van der Waals surface area contributed by atoms with Crippen LogP contribution in [0.2, 0.25) is 0 Å². The molecule has 2 N–H and O–H groups in total. The quantitative estimate of drug-likeness (QED) is 0.656. The number of esters is 1. The van der Waals surface area contributed by atoms with E-state index in [2.05, 4.69) is 15.6 Å². The van der Waals surface area contributed by atoms with Crippen LogP contribution in [0.15, 0.2) is 48.5 Å². The standard InChI is InChI=1S/C17H16N2O5/c1-23-14-6-4-3-5-13(14)16(21)19-18-15(20)11-7-9-12(10-8-11)17(22)24-2/h3-10H,1-2H3,(H,18,20)(H,19,21). The first-order valence-electron chi connectivity index (χ1n) is 6.99. The van der Waals surface area contributed by atoms with E-state index in [1.807, 2.05) is 0 Å². The molecule has 0 aromatic heterocycles. The summed E-state index contributed by atoms with van der Waals surface area (Å²) in [6, 6.07) is 12.5. The minimum absolute atomic E-state index is 0.281. The van der Waals surface area contributed by atoms with Crippen molar-refractivity contribution in [2.24, 2.45) is 0 Å².